The first kappa shape index (κ1) is 14.5. The summed E-state index contributed by atoms with van der Waals surface area (Å²) in [4.78, 5) is 6.89. The number of benzene rings is 2. The summed E-state index contributed by atoms with van der Waals surface area (Å²) in [5.74, 6) is -0.0864. The number of rotatable bonds is 4. The molecule has 6 nitrogen and oxygen atoms in total. The molecule has 8 heteroatoms. The van der Waals surface area contributed by atoms with Gasteiger partial charge < -0.3 is 0 Å². The molecule has 110 valence electrons. The summed E-state index contributed by atoms with van der Waals surface area (Å²) in [6, 6.07) is 13.9. The SMILES string of the molecule is [N-]=[N+]=Nc1ccc2nc(S(=O)(=O)Cc3ccccc3)sc2c1. The fraction of sp³-hybridized carbons (Fsp3) is 0.0714. The normalized spacial score (nSPS) is 11.3. The van der Waals surface area contributed by atoms with Gasteiger partial charge in [0, 0.05) is 10.6 Å². The molecule has 0 unspecified atom stereocenters. The number of azide groups is 1. The zero-order chi connectivity index (χ0) is 15.6. The molecule has 0 amide bonds. The van der Waals surface area contributed by atoms with E-state index < -0.39 is 9.84 Å². The second-order valence-electron chi connectivity index (χ2n) is 4.57. The van der Waals surface area contributed by atoms with E-state index in [-0.39, 0.29) is 10.1 Å². The first-order valence-corrected chi connectivity index (χ1v) is 8.78. The summed E-state index contributed by atoms with van der Waals surface area (Å²) >= 11 is 1.08. The minimum atomic E-state index is -3.50. The first-order valence-electron chi connectivity index (χ1n) is 6.31. The molecule has 0 bridgehead atoms. The van der Waals surface area contributed by atoms with Crippen LogP contribution in [0.5, 0.6) is 0 Å². The van der Waals surface area contributed by atoms with Crippen molar-refractivity contribution >= 4 is 37.1 Å². The maximum absolute atomic E-state index is 12.4. The average molecular weight is 330 g/mol. The molecule has 0 atom stereocenters. The molecule has 3 aromatic rings. The van der Waals surface area contributed by atoms with E-state index in [1.165, 1.54) is 0 Å². The standard InChI is InChI=1S/C14H10N4O2S2/c15-18-17-11-6-7-12-13(8-11)21-14(16-12)22(19,20)9-10-4-2-1-3-5-10/h1-8H,9H2. The van der Waals surface area contributed by atoms with Gasteiger partial charge in [0.1, 0.15) is 0 Å². The number of thiazole rings is 1. The van der Waals surface area contributed by atoms with E-state index in [0.717, 1.165) is 16.9 Å². The lowest BCUT2D eigenvalue weighted by Crippen LogP contribution is -2.04. The van der Waals surface area contributed by atoms with Crippen LogP contribution in [0.15, 0.2) is 58.0 Å². The fourth-order valence-electron chi connectivity index (χ4n) is 1.99. The molecule has 0 fully saturated rings. The van der Waals surface area contributed by atoms with Gasteiger partial charge in [-0.1, -0.05) is 41.5 Å². The second kappa shape index (κ2) is 5.76. The average Bonchev–Trinajstić information content (AvgIpc) is 2.92. The Labute approximate surface area is 130 Å². The first-order chi connectivity index (χ1) is 10.6. The Bertz CT molecular complexity index is 975. The van der Waals surface area contributed by atoms with Gasteiger partial charge in [-0.25, -0.2) is 13.4 Å². The Morgan fingerprint density at radius 3 is 2.68 bits per heavy atom. The molecule has 22 heavy (non-hydrogen) atoms. The Kier molecular flexibility index (Phi) is 3.81. The summed E-state index contributed by atoms with van der Waals surface area (Å²) in [5, 5.41) is 3.51. The van der Waals surface area contributed by atoms with Crippen LogP contribution in [0.1, 0.15) is 5.56 Å². The lowest BCUT2D eigenvalue weighted by molar-refractivity contribution is 0.594. The molecule has 0 radical (unpaired) electrons. The summed E-state index contributed by atoms with van der Waals surface area (Å²) in [5.41, 5.74) is 10.2. The maximum Gasteiger partial charge on any atom is 0.210 e. The highest BCUT2D eigenvalue weighted by atomic mass is 32.2. The largest absolute Gasteiger partial charge is 0.225 e. The van der Waals surface area contributed by atoms with Crippen LogP contribution in [0.4, 0.5) is 5.69 Å². The minimum absolute atomic E-state index is 0.0736. The topological polar surface area (TPSA) is 95.8 Å². The molecule has 0 aliphatic rings. The van der Waals surface area contributed by atoms with Crippen LogP contribution in [-0.2, 0) is 15.6 Å². The zero-order valence-electron chi connectivity index (χ0n) is 11.2. The Hall–Kier alpha value is -2.41. The van der Waals surface area contributed by atoms with Crippen molar-refractivity contribution in [3.05, 3.63) is 64.5 Å². The van der Waals surface area contributed by atoms with Crippen molar-refractivity contribution < 1.29 is 8.42 Å². The van der Waals surface area contributed by atoms with Gasteiger partial charge in [0.25, 0.3) is 0 Å². The Balaban J connectivity index is 2.00. The van der Waals surface area contributed by atoms with Crippen molar-refractivity contribution in [3.8, 4) is 0 Å². The van der Waals surface area contributed by atoms with Crippen molar-refractivity contribution in [2.75, 3.05) is 0 Å². The molecule has 0 saturated carbocycles. The van der Waals surface area contributed by atoms with Gasteiger partial charge in [-0.05, 0) is 23.2 Å². The van der Waals surface area contributed by atoms with E-state index in [2.05, 4.69) is 15.0 Å². The zero-order valence-corrected chi connectivity index (χ0v) is 12.9. The van der Waals surface area contributed by atoms with Crippen LogP contribution in [0, 0.1) is 0 Å². The molecule has 2 aromatic carbocycles. The third kappa shape index (κ3) is 2.94. The van der Waals surface area contributed by atoms with Crippen molar-refractivity contribution in [1.82, 2.24) is 4.98 Å². The molecule has 1 heterocycles. The highest BCUT2D eigenvalue weighted by Gasteiger charge is 2.20. The van der Waals surface area contributed by atoms with Gasteiger partial charge in [-0.15, -0.1) is 11.3 Å². The third-order valence-corrected chi connectivity index (χ3v) is 6.14. The fourth-order valence-corrected chi connectivity index (χ4v) is 4.67. The van der Waals surface area contributed by atoms with Crippen molar-refractivity contribution in [3.63, 3.8) is 0 Å². The lowest BCUT2D eigenvalue weighted by Gasteiger charge is -2.00. The van der Waals surface area contributed by atoms with Crippen LogP contribution in [-0.4, -0.2) is 13.4 Å². The molecular formula is C14H10N4O2S2. The van der Waals surface area contributed by atoms with Gasteiger partial charge >= 0.3 is 0 Å². The number of nitrogens with zero attached hydrogens (tertiary/aromatic N) is 4. The number of hydrogen-bond acceptors (Lipinski definition) is 5. The van der Waals surface area contributed by atoms with Gasteiger partial charge in [0.05, 0.1) is 16.0 Å². The molecule has 0 aliphatic carbocycles. The minimum Gasteiger partial charge on any atom is -0.225 e. The van der Waals surface area contributed by atoms with Crippen molar-refractivity contribution in [2.45, 2.75) is 10.1 Å². The van der Waals surface area contributed by atoms with E-state index in [9.17, 15) is 8.42 Å². The van der Waals surface area contributed by atoms with Crippen molar-refractivity contribution in [1.29, 1.82) is 0 Å². The molecule has 0 spiro atoms. The van der Waals surface area contributed by atoms with Gasteiger partial charge in [0.15, 0.2) is 0 Å². The summed E-state index contributed by atoms with van der Waals surface area (Å²) in [7, 11) is -3.50. The van der Waals surface area contributed by atoms with E-state index >= 15 is 0 Å². The van der Waals surface area contributed by atoms with Crippen LogP contribution >= 0.6 is 11.3 Å². The number of fused-ring (bicyclic) bond motifs is 1. The van der Waals surface area contributed by atoms with Crippen LogP contribution in [0.2, 0.25) is 0 Å². The molecule has 0 N–H and O–H groups in total. The monoisotopic (exact) mass is 330 g/mol. The molecule has 0 saturated heterocycles. The van der Waals surface area contributed by atoms with E-state index in [0.29, 0.717) is 15.9 Å². The van der Waals surface area contributed by atoms with Crippen LogP contribution in [0.3, 0.4) is 0 Å². The Morgan fingerprint density at radius 1 is 1.18 bits per heavy atom. The highest BCUT2D eigenvalue weighted by Crippen LogP contribution is 2.30. The smallest absolute Gasteiger partial charge is 0.210 e. The van der Waals surface area contributed by atoms with E-state index in [4.69, 9.17) is 5.53 Å². The van der Waals surface area contributed by atoms with Gasteiger partial charge in [0.2, 0.25) is 14.2 Å². The number of aromatic nitrogens is 1. The Morgan fingerprint density at radius 2 is 1.95 bits per heavy atom. The maximum atomic E-state index is 12.4. The number of hydrogen-bond donors (Lipinski definition) is 0. The van der Waals surface area contributed by atoms with Crippen LogP contribution in [0.25, 0.3) is 20.7 Å². The highest BCUT2D eigenvalue weighted by molar-refractivity contribution is 7.92. The number of sulfone groups is 1. The third-order valence-electron chi connectivity index (χ3n) is 2.98. The quantitative estimate of drug-likeness (QED) is 0.407. The summed E-state index contributed by atoms with van der Waals surface area (Å²) in [6.45, 7) is 0. The predicted octanol–water partition coefficient (Wildman–Crippen LogP) is 4.21. The van der Waals surface area contributed by atoms with E-state index in [1.807, 2.05) is 6.07 Å². The van der Waals surface area contributed by atoms with Gasteiger partial charge in [-0.2, -0.15) is 0 Å². The molecule has 3 rings (SSSR count). The van der Waals surface area contributed by atoms with Gasteiger partial charge in [-0.3, -0.25) is 0 Å². The lowest BCUT2D eigenvalue weighted by atomic mass is 10.2. The molecule has 0 aliphatic heterocycles. The second-order valence-corrected chi connectivity index (χ2v) is 7.76. The summed E-state index contributed by atoms with van der Waals surface area (Å²) in [6.07, 6.45) is 0. The predicted molar refractivity (Wildman–Crippen MR) is 85.8 cm³/mol. The molecular weight excluding hydrogens is 320 g/mol. The van der Waals surface area contributed by atoms with E-state index in [1.54, 1.807) is 42.5 Å². The van der Waals surface area contributed by atoms with Crippen molar-refractivity contribution in [2.24, 2.45) is 5.11 Å². The summed E-state index contributed by atoms with van der Waals surface area (Å²) < 4.78 is 25.6. The van der Waals surface area contributed by atoms with Crippen LogP contribution < -0.4 is 0 Å². The molecule has 1 aromatic heterocycles.